The maximum atomic E-state index is 12.8. The molecule has 2 aliphatic heterocycles. The van der Waals surface area contributed by atoms with Crippen LogP contribution in [0.15, 0.2) is 0 Å². The Bertz CT molecular complexity index is 391. The third-order valence-electron chi connectivity index (χ3n) is 4.17. The lowest BCUT2D eigenvalue weighted by molar-refractivity contribution is 0.233. The van der Waals surface area contributed by atoms with Gasteiger partial charge in [-0.1, -0.05) is 13.3 Å². The Hall–Kier alpha value is 0.510. The summed E-state index contributed by atoms with van der Waals surface area (Å²) in [7, 11) is -3.36. The second kappa shape index (κ2) is 6.52. The highest BCUT2D eigenvalue weighted by atomic mass is 35.5. The molecule has 2 saturated heterocycles. The number of nitrogens with zero attached hydrogens (tertiary/aromatic N) is 2. The van der Waals surface area contributed by atoms with Crippen LogP contribution < -0.4 is 0 Å². The molecule has 0 N–H and O–H groups in total. The number of halogens is 1. The molecule has 0 saturated carbocycles. The second-order valence-corrected chi connectivity index (χ2v) is 8.98. The molecular formula is C12H23ClN2O2S2. The summed E-state index contributed by atoms with van der Waals surface area (Å²) in [5.41, 5.74) is 0. The third kappa shape index (κ3) is 3.23. The minimum atomic E-state index is -3.36. The molecular weight excluding hydrogens is 304 g/mol. The van der Waals surface area contributed by atoms with E-state index in [9.17, 15) is 8.42 Å². The summed E-state index contributed by atoms with van der Waals surface area (Å²) < 4.78 is 29.0. The molecule has 0 aromatic carbocycles. The highest BCUT2D eigenvalue weighted by Gasteiger charge is 2.40. The summed E-state index contributed by atoms with van der Waals surface area (Å²) in [6.45, 7) is 5.34. The highest BCUT2D eigenvalue weighted by molar-refractivity contribution is 8.00. The fourth-order valence-electron chi connectivity index (χ4n) is 2.80. The molecule has 0 radical (unpaired) electrons. The first-order chi connectivity index (χ1) is 8.98. The van der Waals surface area contributed by atoms with E-state index in [1.807, 2.05) is 18.7 Å². The third-order valence-corrected chi connectivity index (χ3v) is 8.05. The number of hydrogen-bond acceptors (Lipinski definition) is 3. The fourth-order valence-corrected chi connectivity index (χ4v) is 6.60. The van der Waals surface area contributed by atoms with Gasteiger partial charge >= 0.3 is 0 Å². The molecule has 112 valence electrons. The Morgan fingerprint density at radius 3 is 2.63 bits per heavy atom. The Kier molecular flexibility index (Phi) is 5.45. The van der Waals surface area contributed by atoms with Crippen LogP contribution in [0.1, 0.15) is 33.1 Å². The quantitative estimate of drug-likeness (QED) is 0.746. The average molecular weight is 327 g/mol. The lowest BCUT2D eigenvalue weighted by atomic mass is 10.1. The molecule has 4 nitrogen and oxygen atoms in total. The summed E-state index contributed by atoms with van der Waals surface area (Å²) in [5.74, 6) is 1.27. The van der Waals surface area contributed by atoms with Gasteiger partial charge < -0.3 is 0 Å². The zero-order valence-corrected chi connectivity index (χ0v) is 14.0. The number of alkyl halides is 1. The first kappa shape index (κ1) is 15.9. The van der Waals surface area contributed by atoms with Crippen LogP contribution in [-0.2, 0) is 10.2 Å². The van der Waals surface area contributed by atoms with Crippen LogP contribution in [0.25, 0.3) is 0 Å². The van der Waals surface area contributed by atoms with Gasteiger partial charge in [-0.3, -0.25) is 0 Å². The van der Waals surface area contributed by atoms with Crippen molar-refractivity contribution in [3.63, 3.8) is 0 Å². The molecule has 3 unspecified atom stereocenters. The maximum absolute atomic E-state index is 12.8. The van der Waals surface area contributed by atoms with E-state index >= 15 is 0 Å². The van der Waals surface area contributed by atoms with Crippen molar-refractivity contribution in [2.24, 2.45) is 0 Å². The van der Waals surface area contributed by atoms with Crippen molar-refractivity contribution >= 4 is 33.6 Å². The molecule has 2 fully saturated rings. The molecule has 0 bridgehead atoms. The zero-order chi connectivity index (χ0) is 14.0. The Balaban J connectivity index is 2.20. The van der Waals surface area contributed by atoms with Gasteiger partial charge in [-0.2, -0.15) is 28.8 Å². The smallest absolute Gasteiger partial charge is 0.195 e. The molecule has 0 aliphatic carbocycles. The van der Waals surface area contributed by atoms with Crippen molar-refractivity contribution in [3.8, 4) is 0 Å². The topological polar surface area (TPSA) is 40.6 Å². The molecule has 0 aromatic heterocycles. The van der Waals surface area contributed by atoms with Crippen LogP contribution in [0.3, 0.4) is 0 Å². The minimum Gasteiger partial charge on any atom is -0.195 e. The molecule has 19 heavy (non-hydrogen) atoms. The van der Waals surface area contributed by atoms with Gasteiger partial charge in [-0.05, 0) is 19.8 Å². The van der Waals surface area contributed by atoms with Crippen molar-refractivity contribution < 1.29 is 8.42 Å². The Labute approximate surface area is 126 Å². The van der Waals surface area contributed by atoms with Crippen LogP contribution >= 0.6 is 23.4 Å². The molecule has 0 amide bonds. The number of piperidine rings is 1. The normalized spacial score (nSPS) is 35.4. The number of hydrogen-bond donors (Lipinski definition) is 0. The van der Waals surface area contributed by atoms with Gasteiger partial charge in [0, 0.05) is 42.1 Å². The minimum absolute atomic E-state index is 0.0301. The van der Waals surface area contributed by atoms with Crippen LogP contribution in [0.5, 0.6) is 0 Å². The maximum Gasteiger partial charge on any atom is 0.282 e. The lowest BCUT2D eigenvalue weighted by Crippen LogP contribution is -2.57. The standard InChI is InChI=1S/C12H23ClN2O2S2/c1-10-11(2)18-8-7-14(10)19(16,17)15-6-4-3-5-12(15)9-13/h10-12H,3-9H2,1-2H3. The van der Waals surface area contributed by atoms with Crippen molar-refractivity contribution in [1.29, 1.82) is 0 Å². The van der Waals surface area contributed by atoms with Crippen molar-refractivity contribution in [3.05, 3.63) is 0 Å². The van der Waals surface area contributed by atoms with Gasteiger partial charge in [-0.15, -0.1) is 11.6 Å². The van der Waals surface area contributed by atoms with E-state index < -0.39 is 10.2 Å². The summed E-state index contributed by atoms with van der Waals surface area (Å²) in [4.78, 5) is 0. The molecule has 0 spiro atoms. The van der Waals surface area contributed by atoms with Gasteiger partial charge in [0.05, 0.1) is 0 Å². The fraction of sp³-hybridized carbons (Fsp3) is 1.00. The zero-order valence-electron chi connectivity index (χ0n) is 11.6. The summed E-state index contributed by atoms with van der Waals surface area (Å²) in [6.07, 6.45) is 2.90. The van der Waals surface area contributed by atoms with Crippen LogP contribution in [0, 0.1) is 0 Å². The lowest BCUT2D eigenvalue weighted by Gasteiger charge is -2.42. The monoisotopic (exact) mass is 326 g/mol. The van der Waals surface area contributed by atoms with E-state index in [0.717, 1.165) is 25.0 Å². The molecule has 2 rings (SSSR count). The molecule has 3 atom stereocenters. The molecule has 2 heterocycles. The Morgan fingerprint density at radius 2 is 1.95 bits per heavy atom. The molecule has 0 aromatic rings. The van der Waals surface area contributed by atoms with Crippen LogP contribution in [0.2, 0.25) is 0 Å². The largest absolute Gasteiger partial charge is 0.282 e. The van der Waals surface area contributed by atoms with Crippen molar-refractivity contribution in [2.75, 3.05) is 24.7 Å². The summed E-state index contributed by atoms with van der Waals surface area (Å²) in [5, 5.41) is 0.350. The van der Waals surface area contributed by atoms with E-state index in [1.165, 1.54) is 0 Å². The van der Waals surface area contributed by atoms with E-state index in [4.69, 9.17) is 11.6 Å². The summed E-state index contributed by atoms with van der Waals surface area (Å²) in [6, 6.07) is 0.0270. The molecule has 7 heteroatoms. The first-order valence-corrected chi connectivity index (χ1v) is 9.92. The van der Waals surface area contributed by atoms with Gasteiger partial charge in [-0.25, -0.2) is 0 Å². The predicted octanol–water partition coefficient (Wildman–Crippen LogP) is 2.15. The van der Waals surface area contributed by atoms with Gasteiger partial charge in [0.25, 0.3) is 10.2 Å². The second-order valence-electron chi connectivity index (χ2n) is 5.35. The number of thioether (sulfide) groups is 1. The van der Waals surface area contributed by atoms with Gasteiger partial charge in [0.1, 0.15) is 0 Å². The summed E-state index contributed by atoms with van der Waals surface area (Å²) >= 11 is 7.80. The predicted molar refractivity (Wildman–Crippen MR) is 82.1 cm³/mol. The van der Waals surface area contributed by atoms with E-state index in [1.54, 1.807) is 8.61 Å². The Morgan fingerprint density at radius 1 is 1.21 bits per heavy atom. The first-order valence-electron chi connectivity index (χ1n) is 6.94. The van der Waals surface area contributed by atoms with E-state index in [0.29, 0.717) is 24.2 Å². The average Bonchev–Trinajstić information content (AvgIpc) is 2.41. The van der Waals surface area contributed by atoms with Crippen molar-refractivity contribution in [1.82, 2.24) is 8.61 Å². The number of rotatable bonds is 3. The van der Waals surface area contributed by atoms with Gasteiger partial charge in [0.2, 0.25) is 0 Å². The van der Waals surface area contributed by atoms with E-state index in [-0.39, 0.29) is 12.1 Å². The SMILES string of the molecule is CC1SCCN(S(=O)(=O)N2CCCCC2CCl)C1C. The van der Waals surface area contributed by atoms with Gasteiger partial charge in [0.15, 0.2) is 0 Å². The van der Waals surface area contributed by atoms with Crippen LogP contribution in [0.4, 0.5) is 0 Å². The molecule has 2 aliphatic rings. The van der Waals surface area contributed by atoms with Crippen molar-refractivity contribution in [2.45, 2.75) is 50.4 Å². The highest BCUT2D eigenvalue weighted by Crippen LogP contribution is 2.30. The van der Waals surface area contributed by atoms with E-state index in [2.05, 4.69) is 6.92 Å². The van der Waals surface area contributed by atoms with Crippen LogP contribution in [-0.4, -0.2) is 59.1 Å².